The van der Waals surface area contributed by atoms with E-state index in [4.69, 9.17) is 9.47 Å². The molecule has 1 saturated heterocycles. The Kier molecular flexibility index (Phi) is 8.35. The molecular weight excluding hydrogens is 422 g/mol. The Morgan fingerprint density at radius 2 is 2.07 bits per heavy atom. The molecule has 0 bridgehead atoms. The van der Waals surface area contributed by atoms with Crippen LogP contribution >= 0.6 is 15.9 Å². The number of nitrogens with zero attached hydrogens (tertiary/aromatic N) is 1. The van der Waals surface area contributed by atoms with Crippen LogP contribution in [0.15, 0.2) is 28.7 Å². The molecule has 1 heterocycles. The first-order valence-corrected chi connectivity index (χ1v) is 10.9. The van der Waals surface area contributed by atoms with E-state index in [1.54, 1.807) is 4.90 Å². The van der Waals surface area contributed by atoms with E-state index in [9.17, 15) is 9.59 Å². The van der Waals surface area contributed by atoms with E-state index in [0.717, 1.165) is 29.3 Å². The van der Waals surface area contributed by atoms with Crippen LogP contribution in [-0.4, -0.2) is 42.3 Å². The van der Waals surface area contributed by atoms with E-state index < -0.39 is 5.60 Å². The molecule has 1 amide bonds. The van der Waals surface area contributed by atoms with E-state index in [0.29, 0.717) is 26.1 Å². The Labute approximate surface area is 176 Å². The largest absolute Gasteiger partial charge is 0.460 e. The average molecular weight is 454 g/mol. The van der Waals surface area contributed by atoms with E-state index in [1.165, 1.54) is 0 Å². The van der Waals surface area contributed by atoms with Crippen molar-refractivity contribution in [2.45, 2.75) is 59.0 Å². The Morgan fingerprint density at radius 1 is 1.32 bits per heavy atom. The van der Waals surface area contributed by atoms with Crippen molar-refractivity contribution in [3.05, 3.63) is 34.3 Å². The first kappa shape index (κ1) is 22.7. The molecule has 0 aromatic heterocycles. The van der Waals surface area contributed by atoms with Crippen molar-refractivity contribution in [1.29, 1.82) is 0 Å². The minimum atomic E-state index is -0.538. The van der Waals surface area contributed by atoms with Crippen LogP contribution in [0, 0.1) is 11.8 Å². The molecule has 1 aliphatic rings. The van der Waals surface area contributed by atoms with Gasteiger partial charge in [-0.05, 0) is 63.6 Å². The first-order chi connectivity index (χ1) is 13.2. The van der Waals surface area contributed by atoms with Crippen LogP contribution < -0.4 is 0 Å². The van der Waals surface area contributed by atoms with Gasteiger partial charge in [0.1, 0.15) is 5.60 Å². The van der Waals surface area contributed by atoms with Gasteiger partial charge in [-0.15, -0.1) is 0 Å². The van der Waals surface area contributed by atoms with Gasteiger partial charge < -0.3 is 14.4 Å². The van der Waals surface area contributed by atoms with Crippen LogP contribution in [0.5, 0.6) is 0 Å². The number of likely N-dealkylation sites (tertiary alicyclic amines) is 1. The lowest BCUT2D eigenvalue weighted by Gasteiger charge is -2.27. The van der Waals surface area contributed by atoms with Gasteiger partial charge >= 0.3 is 12.1 Å². The van der Waals surface area contributed by atoms with Crippen molar-refractivity contribution in [3.63, 3.8) is 0 Å². The lowest BCUT2D eigenvalue weighted by Crippen LogP contribution is -2.36. The number of benzene rings is 1. The van der Waals surface area contributed by atoms with Crippen LogP contribution in [0.25, 0.3) is 0 Å². The summed E-state index contributed by atoms with van der Waals surface area (Å²) >= 11 is 3.49. The van der Waals surface area contributed by atoms with Gasteiger partial charge in [-0.3, -0.25) is 4.79 Å². The number of carbonyl (C=O) groups excluding carboxylic acids is 2. The number of carbonyl (C=O) groups is 2. The van der Waals surface area contributed by atoms with Gasteiger partial charge in [-0.1, -0.05) is 41.4 Å². The maximum absolute atomic E-state index is 13.0. The van der Waals surface area contributed by atoms with Gasteiger partial charge in [0.05, 0.1) is 12.5 Å². The molecule has 1 fully saturated rings. The summed E-state index contributed by atoms with van der Waals surface area (Å²) in [5.74, 6) is -0.423. The molecule has 5 nitrogen and oxygen atoms in total. The average Bonchev–Trinajstić information content (AvgIpc) is 3.08. The molecule has 1 aromatic carbocycles. The fourth-order valence-electron chi connectivity index (χ4n) is 3.41. The number of ether oxygens (including phenoxy) is 2. The summed E-state index contributed by atoms with van der Waals surface area (Å²) in [7, 11) is 0. The normalized spacial score (nSPS) is 18.0. The Hall–Kier alpha value is -1.56. The van der Waals surface area contributed by atoms with Gasteiger partial charge in [0.2, 0.25) is 0 Å². The standard InChI is InChI=1S/C22H32BrNO4/c1-5-6-12-27-21(26)24-11-10-17(15-24)19(20(25)28-22(2,3)4)14-16-8-7-9-18(23)13-16/h7-9,13,17,19H,5-6,10-12,14-15H2,1-4H3/t17-,19-/m0/s1. The lowest BCUT2D eigenvalue weighted by atomic mass is 9.86. The molecule has 0 saturated carbocycles. The molecule has 0 radical (unpaired) electrons. The van der Waals surface area contributed by atoms with Crippen molar-refractivity contribution in [2.24, 2.45) is 11.8 Å². The van der Waals surface area contributed by atoms with Gasteiger partial charge in [-0.2, -0.15) is 0 Å². The fourth-order valence-corrected chi connectivity index (χ4v) is 3.86. The number of unbranched alkanes of at least 4 members (excludes halogenated alkanes) is 1. The van der Waals surface area contributed by atoms with Crippen molar-refractivity contribution in [1.82, 2.24) is 4.90 Å². The Bertz CT molecular complexity index is 671. The van der Waals surface area contributed by atoms with Gasteiger partial charge in [-0.25, -0.2) is 4.79 Å². The fraction of sp³-hybridized carbons (Fsp3) is 0.636. The molecule has 0 spiro atoms. The molecular formula is C22H32BrNO4. The highest BCUT2D eigenvalue weighted by Crippen LogP contribution is 2.30. The summed E-state index contributed by atoms with van der Waals surface area (Å²) in [6, 6.07) is 7.99. The molecule has 0 unspecified atom stereocenters. The molecule has 1 aliphatic heterocycles. The SMILES string of the molecule is CCCCOC(=O)N1CC[C@H]([C@H](Cc2cccc(Br)c2)C(=O)OC(C)(C)C)C1. The van der Waals surface area contributed by atoms with Gasteiger partial charge in [0.15, 0.2) is 0 Å². The minimum absolute atomic E-state index is 0.0626. The molecule has 2 atom stereocenters. The van der Waals surface area contributed by atoms with E-state index in [-0.39, 0.29) is 23.9 Å². The highest BCUT2D eigenvalue weighted by atomic mass is 79.9. The monoisotopic (exact) mass is 453 g/mol. The minimum Gasteiger partial charge on any atom is -0.460 e. The van der Waals surface area contributed by atoms with Crippen molar-refractivity contribution >= 4 is 28.0 Å². The van der Waals surface area contributed by atoms with Crippen LogP contribution in [0.1, 0.15) is 52.5 Å². The maximum Gasteiger partial charge on any atom is 0.409 e. The van der Waals surface area contributed by atoms with Crippen molar-refractivity contribution in [3.8, 4) is 0 Å². The maximum atomic E-state index is 13.0. The second-order valence-electron chi connectivity index (χ2n) is 8.44. The molecule has 0 aliphatic carbocycles. The third-order valence-corrected chi connectivity index (χ3v) is 5.32. The van der Waals surface area contributed by atoms with E-state index >= 15 is 0 Å². The molecule has 1 aromatic rings. The summed E-state index contributed by atoms with van der Waals surface area (Å²) in [5.41, 5.74) is 0.540. The third kappa shape index (κ3) is 7.12. The van der Waals surface area contributed by atoms with Gasteiger partial charge in [0, 0.05) is 17.6 Å². The molecule has 6 heteroatoms. The summed E-state index contributed by atoms with van der Waals surface area (Å²) in [6.07, 6.45) is 2.95. The predicted octanol–water partition coefficient (Wildman–Crippen LogP) is 5.21. The van der Waals surface area contributed by atoms with Crippen LogP contribution in [0.3, 0.4) is 0 Å². The second kappa shape index (κ2) is 10.3. The number of rotatable bonds is 7. The van der Waals surface area contributed by atoms with Crippen LogP contribution in [-0.2, 0) is 20.7 Å². The molecule has 0 N–H and O–H groups in total. The second-order valence-corrected chi connectivity index (χ2v) is 9.35. The zero-order chi connectivity index (χ0) is 20.7. The number of hydrogen-bond acceptors (Lipinski definition) is 4. The lowest BCUT2D eigenvalue weighted by molar-refractivity contribution is -0.161. The third-order valence-electron chi connectivity index (χ3n) is 4.83. The van der Waals surface area contributed by atoms with E-state index in [2.05, 4.69) is 22.9 Å². The number of amides is 1. The van der Waals surface area contributed by atoms with Gasteiger partial charge in [0.25, 0.3) is 0 Å². The molecule has 28 heavy (non-hydrogen) atoms. The summed E-state index contributed by atoms with van der Waals surface area (Å²) in [6.45, 7) is 9.31. The van der Waals surface area contributed by atoms with Crippen LogP contribution in [0.2, 0.25) is 0 Å². The number of hydrogen-bond donors (Lipinski definition) is 0. The Morgan fingerprint density at radius 3 is 2.71 bits per heavy atom. The summed E-state index contributed by atoms with van der Waals surface area (Å²) in [5, 5.41) is 0. The smallest absolute Gasteiger partial charge is 0.409 e. The van der Waals surface area contributed by atoms with Crippen molar-refractivity contribution in [2.75, 3.05) is 19.7 Å². The highest BCUT2D eigenvalue weighted by Gasteiger charge is 2.38. The molecule has 156 valence electrons. The number of esters is 1. The highest BCUT2D eigenvalue weighted by molar-refractivity contribution is 9.10. The van der Waals surface area contributed by atoms with Crippen molar-refractivity contribution < 1.29 is 19.1 Å². The predicted molar refractivity (Wildman–Crippen MR) is 113 cm³/mol. The quantitative estimate of drug-likeness (QED) is 0.419. The summed E-state index contributed by atoms with van der Waals surface area (Å²) < 4.78 is 12.0. The van der Waals surface area contributed by atoms with E-state index in [1.807, 2.05) is 45.0 Å². The first-order valence-electron chi connectivity index (χ1n) is 10.1. The zero-order valence-corrected chi connectivity index (χ0v) is 19.0. The topological polar surface area (TPSA) is 55.8 Å². The zero-order valence-electron chi connectivity index (χ0n) is 17.4. The van der Waals surface area contributed by atoms with Crippen LogP contribution in [0.4, 0.5) is 4.79 Å². The Balaban J connectivity index is 2.08. The number of halogens is 1. The summed E-state index contributed by atoms with van der Waals surface area (Å²) in [4.78, 5) is 26.9. The molecule has 2 rings (SSSR count).